The van der Waals surface area contributed by atoms with Crippen LogP contribution in [0.4, 0.5) is 4.79 Å². The van der Waals surface area contributed by atoms with Crippen LogP contribution < -0.4 is 5.48 Å². The molecule has 2 heterocycles. The van der Waals surface area contributed by atoms with Crippen LogP contribution in [0.1, 0.15) is 26.2 Å². The largest absolute Gasteiger partial charge is 0.507 e. The first-order valence-corrected chi connectivity index (χ1v) is 6.29. The van der Waals surface area contributed by atoms with Crippen LogP contribution in [-0.4, -0.2) is 57.0 Å². The first-order valence-electron chi connectivity index (χ1n) is 6.29. The number of hydrogen-bond donors (Lipinski definition) is 3. The number of hydrogen-bond acceptors (Lipinski definition) is 6. The van der Waals surface area contributed by atoms with E-state index in [-0.39, 0.29) is 13.0 Å². The van der Waals surface area contributed by atoms with Crippen LogP contribution >= 0.6 is 0 Å². The van der Waals surface area contributed by atoms with Crippen molar-refractivity contribution in [2.24, 2.45) is 5.41 Å². The summed E-state index contributed by atoms with van der Waals surface area (Å²) in [5.74, 6) is -2.22. The molecule has 21 heavy (non-hydrogen) atoms. The highest BCUT2D eigenvalue weighted by Gasteiger charge is 2.59. The third-order valence-corrected chi connectivity index (χ3v) is 3.62. The van der Waals surface area contributed by atoms with Crippen molar-refractivity contribution in [1.82, 2.24) is 15.5 Å². The molecule has 0 bridgehead atoms. The SMILES string of the molecule is CC1(CC(=O)NO)C(=O)N2CCCC(OC(=O)O)N2C1=O. The smallest absolute Gasteiger partial charge is 0.450 e. The molecule has 116 valence electrons. The van der Waals surface area contributed by atoms with Gasteiger partial charge in [-0.15, -0.1) is 0 Å². The molecule has 0 aromatic rings. The Morgan fingerprint density at radius 2 is 2.10 bits per heavy atom. The van der Waals surface area contributed by atoms with Gasteiger partial charge in [0.05, 0.1) is 6.42 Å². The molecule has 0 spiro atoms. The number of rotatable bonds is 3. The predicted octanol–water partition coefficient (Wildman–Crippen LogP) is -0.711. The van der Waals surface area contributed by atoms with Crippen LogP contribution in [-0.2, 0) is 19.1 Å². The zero-order valence-corrected chi connectivity index (χ0v) is 11.2. The van der Waals surface area contributed by atoms with Crippen LogP contribution in [0.25, 0.3) is 0 Å². The van der Waals surface area contributed by atoms with Crippen molar-refractivity contribution < 1.29 is 34.2 Å². The van der Waals surface area contributed by atoms with Gasteiger partial charge in [-0.05, 0) is 13.3 Å². The molecule has 2 aliphatic heterocycles. The number of carboxylic acid groups (broad SMARTS) is 1. The predicted molar refractivity (Wildman–Crippen MR) is 63.3 cm³/mol. The minimum absolute atomic E-state index is 0.236. The Balaban J connectivity index is 2.29. The van der Waals surface area contributed by atoms with E-state index in [1.807, 2.05) is 0 Å². The third-order valence-electron chi connectivity index (χ3n) is 3.62. The fourth-order valence-corrected chi connectivity index (χ4v) is 2.61. The molecule has 0 aromatic carbocycles. The molecular weight excluding hydrogens is 286 g/mol. The Morgan fingerprint density at radius 3 is 2.67 bits per heavy atom. The third kappa shape index (κ3) is 2.37. The number of ether oxygens (including phenoxy) is 1. The Bertz CT molecular complexity index is 508. The first-order chi connectivity index (χ1) is 9.81. The van der Waals surface area contributed by atoms with E-state index < -0.39 is 41.9 Å². The molecule has 2 rings (SSSR count). The summed E-state index contributed by atoms with van der Waals surface area (Å²) < 4.78 is 4.63. The lowest BCUT2D eigenvalue weighted by Crippen LogP contribution is -2.53. The van der Waals surface area contributed by atoms with Crippen LogP contribution in [0.2, 0.25) is 0 Å². The van der Waals surface area contributed by atoms with E-state index in [1.54, 1.807) is 0 Å². The fourth-order valence-electron chi connectivity index (χ4n) is 2.61. The molecule has 0 saturated carbocycles. The van der Waals surface area contributed by atoms with Gasteiger partial charge in [0.2, 0.25) is 5.91 Å². The molecule has 2 atom stereocenters. The lowest BCUT2D eigenvalue weighted by molar-refractivity contribution is -0.181. The van der Waals surface area contributed by atoms with E-state index in [9.17, 15) is 19.2 Å². The van der Waals surface area contributed by atoms with E-state index in [0.717, 1.165) is 10.0 Å². The van der Waals surface area contributed by atoms with Crippen molar-refractivity contribution >= 4 is 23.9 Å². The molecule has 2 aliphatic rings. The van der Waals surface area contributed by atoms with Crippen molar-refractivity contribution in [1.29, 1.82) is 0 Å². The number of nitrogens with zero attached hydrogens (tertiary/aromatic N) is 2. The maximum atomic E-state index is 12.4. The number of carbonyl (C=O) groups excluding carboxylic acids is 3. The topological polar surface area (TPSA) is 136 Å². The van der Waals surface area contributed by atoms with Crippen molar-refractivity contribution in [3.8, 4) is 0 Å². The monoisotopic (exact) mass is 301 g/mol. The van der Waals surface area contributed by atoms with Crippen molar-refractivity contribution in [3.05, 3.63) is 0 Å². The van der Waals surface area contributed by atoms with Crippen LogP contribution in [0.5, 0.6) is 0 Å². The van der Waals surface area contributed by atoms with Gasteiger partial charge in [0.25, 0.3) is 11.8 Å². The molecular formula is C11H15N3O7. The number of hydrazine groups is 1. The minimum atomic E-state index is -1.68. The zero-order valence-electron chi connectivity index (χ0n) is 11.2. The summed E-state index contributed by atoms with van der Waals surface area (Å²) in [6.45, 7) is 1.52. The van der Waals surface area contributed by atoms with Crippen molar-refractivity contribution in [2.75, 3.05) is 6.54 Å². The summed E-state index contributed by atoms with van der Waals surface area (Å²) in [5.41, 5.74) is -0.306. The Morgan fingerprint density at radius 1 is 1.43 bits per heavy atom. The molecule has 2 saturated heterocycles. The number of fused-ring (bicyclic) bond motifs is 1. The molecule has 10 heteroatoms. The second kappa shape index (κ2) is 5.20. The van der Waals surface area contributed by atoms with E-state index in [4.69, 9.17) is 10.3 Å². The Labute approximate surface area is 119 Å². The minimum Gasteiger partial charge on any atom is -0.450 e. The molecule has 2 unspecified atom stereocenters. The number of hydroxylamine groups is 1. The molecule has 10 nitrogen and oxygen atoms in total. The summed E-state index contributed by atoms with van der Waals surface area (Å²) >= 11 is 0. The van der Waals surface area contributed by atoms with Gasteiger partial charge in [0, 0.05) is 13.0 Å². The van der Waals surface area contributed by atoms with E-state index in [1.165, 1.54) is 12.4 Å². The summed E-state index contributed by atoms with van der Waals surface area (Å²) in [7, 11) is 0. The maximum absolute atomic E-state index is 12.4. The van der Waals surface area contributed by atoms with Gasteiger partial charge in [0.1, 0.15) is 5.41 Å². The average molecular weight is 301 g/mol. The van der Waals surface area contributed by atoms with E-state index in [2.05, 4.69) is 4.74 Å². The molecule has 0 aromatic heterocycles. The van der Waals surface area contributed by atoms with Crippen LogP contribution in [0.3, 0.4) is 0 Å². The second-order valence-electron chi connectivity index (χ2n) is 5.10. The average Bonchev–Trinajstić information content (AvgIpc) is 2.61. The molecule has 0 radical (unpaired) electrons. The van der Waals surface area contributed by atoms with Gasteiger partial charge in [-0.3, -0.25) is 19.6 Å². The van der Waals surface area contributed by atoms with Crippen LogP contribution in [0.15, 0.2) is 0 Å². The maximum Gasteiger partial charge on any atom is 0.507 e. The van der Waals surface area contributed by atoms with Gasteiger partial charge in [-0.2, -0.15) is 0 Å². The molecule has 3 N–H and O–H groups in total. The zero-order chi connectivity index (χ0) is 15.8. The van der Waals surface area contributed by atoms with Gasteiger partial charge >= 0.3 is 6.16 Å². The van der Waals surface area contributed by atoms with Crippen LogP contribution in [0, 0.1) is 5.41 Å². The Kier molecular flexibility index (Phi) is 3.73. The number of carbonyl (C=O) groups is 4. The van der Waals surface area contributed by atoms with Gasteiger partial charge < -0.3 is 9.84 Å². The number of nitrogens with one attached hydrogen (secondary N) is 1. The highest BCUT2D eigenvalue weighted by atomic mass is 16.7. The fraction of sp³-hybridized carbons (Fsp3) is 0.636. The highest BCUT2D eigenvalue weighted by molar-refractivity contribution is 6.11. The van der Waals surface area contributed by atoms with Gasteiger partial charge in [-0.1, -0.05) is 0 Å². The second-order valence-corrected chi connectivity index (χ2v) is 5.10. The first kappa shape index (κ1) is 15.0. The quantitative estimate of drug-likeness (QED) is 0.271. The van der Waals surface area contributed by atoms with E-state index in [0.29, 0.717) is 6.42 Å². The molecule has 2 fully saturated rings. The summed E-state index contributed by atoms with van der Waals surface area (Å²) in [6, 6.07) is 0. The normalized spacial score (nSPS) is 28.4. The lowest BCUT2D eigenvalue weighted by Gasteiger charge is -2.37. The summed E-state index contributed by atoms with van der Waals surface area (Å²) in [5, 5.41) is 19.3. The molecule has 0 aliphatic carbocycles. The lowest BCUT2D eigenvalue weighted by atomic mass is 9.85. The standard InChI is InChI=1S/C11H15N3O7/c1-11(5-6(15)12-20)8(16)13-4-2-3-7(21-10(18)19)14(13)9(11)17/h7,20H,2-5H2,1H3,(H,12,15)(H,18,19). The van der Waals surface area contributed by atoms with Crippen molar-refractivity contribution in [3.63, 3.8) is 0 Å². The van der Waals surface area contributed by atoms with Gasteiger partial charge in [0.15, 0.2) is 6.23 Å². The van der Waals surface area contributed by atoms with Gasteiger partial charge in [-0.25, -0.2) is 20.3 Å². The van der Waals surface area contributed by atoms with Crippen molar-refractivity contribution in [2.45, 2.75) is 32.4 Å². The van der Waals surface area contributed by atoms with E-state index >= 15 is 0 Å². The highest BCUT2D eigenvalue weighted by Crippen LogP contribution is 2.39. The Hall–Kier alpha value is -2.36. The number of amides is 3. The summed E-state index contributed by atoms with van der Waals surface area (Å²) in [4.78, 5) is 46.8. The summed E-state index contributed by atoms with van der Waals surface area (Å²) in [6.07, 6.45) is -2.44. The molecule has 3 amide bonds.